The fourth-order valence-corrected chi connectivity index (χ4v) is 5.03. The van der Waals surface area contributed by atoms with Crippen LogP contribution in [0.4, 0.5) is 0 Å². The molecule has 0 unspecified atom stereocenters. The van der Waals surface area contributed by atoms with E-state index in [1.165, 1.54) is 11.1 Å². The Morgan fingerprint density at radius 2 is 1.78 bits per heavy atom. The number of hydrogen-bond acceptors (Lipinski definition) is 7. The number of aliphatic carboxylic acids is 1. The van der Waals surface area contributed by atoms with Gasteiger partial charge in [0, 0.05) is 11.1 Å². The molecule has 0 radical (unpaired) electrons. The van der Waals surface area contributed by atoms with Gasteiger partial charge >= 0.3 is 5.97 Å². The van der Waals surface area contributed by atoms with Gasteiger partial charge in [-0.25, -0.2) is 5.06 Å². The molecule has 0 saturated carbocycles. The molecule has 3 rings (SSSR count). The van der Waals surface area contributed by atoms with Gasteiger partial charge in [-0.2, -0.15) is 0 Å². The number of nitrogens with zero attached hydrogens (tertiary/aromatic N) is 1. The molecule has 0 aliphatic rings. The molecule has 11 heteroatoms. The van der Waals surface area contributed by atoms with Crippen LogP contribution in [-0.4, -0.2) is 53.7 Å². The molecule has 0 bridgehead atoms. The van der Waals surface area contributed by atoms with Crippen molar-refractivity contribution in [2.75, 3.05) is 13.3 Å². The number of carbonyl (C=O) groups excluding carboxylic acids is 3. The van der Waals surface area contributed by atoms with Crippen LogP contribution in [0.3, 0.4) is 0 Å². The van der Waals surface area contributed by atoms with Crippen LogP contribution in [0.2, 0.25) is 0 Å². The normalized spacial score (nSPS) is 12.2. The van der Waals surface area contributed by atoms with Crippen molar-refractivity contribution in [1.29, 1.82) is 0 Å². The summed E-state index contributed by atoms with van der Waals surface area (Å²) in [7, 11) is 0. The van der Waals surface area contributed by atoms with E-state index < -0.39 is 23.8 Å². The van der Waals surface area contributed by atoms with Crippen LogP contribution in [0.5, 0.6) is 5.75 Å². The third kappa shape index (κ3) is 10.5. The van der Waals surface area contributed by atoms with E-state index in [1.54, 1.807) is 31.2 Å². The van der Waals surface area contributed by atoms with Gasteiger partial charge in [0.1, 0.15) is 18.1 Å². The van der Waals surface area contributed by atoms with E-state index in [2.05, 4.69) is 17.6 Å². The second-order valence-corrected chi connectivity index (χ2v) is 10.5. The Hall–Kier alpha value is -4.64. The molecule has 0 aliphatic carbocycles. The fourth-order valence-electron chi connectivity index (χ4n) is 5.03. The fraction of sp³-hybridized carbons (Fsp3) is 0.412. The minimum absolute atomic E-state index is 0.0409. The topological polar surface area (TPSA) is 147 Å². The summed E-state index contributed by atoms with van der Waals surface area (Å²) in [6, 6.07) is 17.2. The summed E-state index contributed by atoms with van der Waals surface area (Å²) in [5.74, 6) is -1.46. The highest BCUT2D eigenvalue weighted by molar-refractivity contribution is 5.92. The SMILES string of the molecule is CCCCC[C@@H](C(=O)NCNC(=O)c1ccc(-c2ccc(CC(=O)O)c(OCC)c2)o1)[C@@H](CC)N(C=O)OCc1ccccc1. The molecule has 3 N–H and O–H groups in total. The number of carboxylic acid groups (broad SMARTS) is 1. The first kappa shape index (κ1) is 34.8. The number of rotatable bonds is 20. The highest BCUT2D eigenvalue weighted by Gasteiger charge is 2.32. The van der Waals surface area contributed by atoms with Crippen LogP contribution in [0.1, 0.15) is 74.6 Å². The summed E-state index contributed by atoms with van der Waals surface area (Å²) in [6.07, 6.45) is 4.22. The first-order valence-electron chi connectivity index (χ1n) is 15.3. The lowest BCUT2D eigenvalue weighted by Crippen LogP contribution is -2.48. The number of nitrogens with one attached hydrogen (secondary N) is 2. The van der Waals surface area contributed by atoms with Gasteiger partial charge in [0.2, 0.25) is 12.3 Å². The van der Waals surface area contributed by atoms with Crippen molar-refractivity contribution >= 4 is 24.2 Å². The molecule has 0 fully saturated rings. The number of benzene rings is 2. The lowest BCUT2D eigenvalue weighted by Gasteiger charge is -2.32. The third-order valence-corrected chi connectivity index (χ3v) is 7.33. The minimum Gasteiger partial charge on any atom is -0.494 e. The third-order valence-electron chi connectivity index (χ3n) is 7.33. The molecule has 11 nitrogen and oxygen atoms in total. The first-order chi connectivity index (χ1) is 21.8. The Morgan fingerprint density at radius 1 is 1.00 bits per heavy atom. The van der Waals surface area contributed by atoms with Crippen LogP contribution in [0.15, 0.2) is 65.1 Å². The molecule has 3 aromatic rings. The number of hydrogen-bond donors (Lipinski definition) is 3. The van der Waals surface area contributed by atoms with E-state index in [9.17, 15) is 19.2 Å². The van der Waals surface area contributed by atoms with Crippen molar-refractivity contribution < 1.29 is 38.3 Å². The Bertz CT molecular complexity index is 1390. The molecule has 2 atom stereocenters. The maximum absolute atomic E-state index is 13.4. The predicted molar refractivity (Wildman–Crippen MR) is 168 cm³/mol. The number of hydroxylamine groups is 2. The standard InChI is InChI=1S/C34H43N3O8/c1-4-7-9-14-27(28(5-2)37(23-38)44-21-24-12-10-8-11-13-24)33(41)35-22-36-34(42)30-18-17-29(45-30)25-15-16-26(20-32(39)40)31(19-25)43-6-3/h8,10-13,15-19,23,27-28H,4-7,9,14,20-22H2,1-3H3,(H,35,41)(H,36,42)(H,39,40)/t27-,28-/m1/s1. The summed E-state index contributed by atoms with van der Waals surface area (Å²) in [5, 5.41) is 15.8. The minimum atomic E-state index is -0.970. The van der Waals surface area contributed by atoms with Gasteiger partial charge in [-0.1, -0.05) is 75.6 Å². The molecule has 0 spiro atoms. The highest BCUT2D eigenvalue weighted by Crippen LogP contribution is 2.29. The van der Waals surface area contributed by atoms with Crippen molar-refractivity contribution in [1.82, 2.24) is 15.7 Å². The molecule has 0 saturated heterocycles. The van der Waals surface area contributed by atoms with Crippen molar-refractivity contribution in [2.24, 2.45) is 5.92 Å². The van der Waals surface area contributed by atoms with Crippen LogP contribution < -0.4 is 15.4 Å². The molecule has 45 heavy (non-hydrogen) atoms. The molecule has 2 aromatic carbocycles. The van der Waals surface area contributed by atoms with E-state index in [0.29, 0.717) is 48.5 Å². The van der Waals surface area contributed by atoms with Gasteiger partial charge in [-0.15, -0.1) is 0 Å². The summed E-state index contributed by atoms with van der Waals surface area (Å²) < 4.78 is 11.4. The number of unbranched alkanes of at least 4 members (excludes halogenated alkanes) is 2. The second kappa shape index (κ2) is 18.2. The Labute approximate surface area is 263 Å². The number of amides is 3. The maximum atomic E-state index is 13.4. The lowest BCUT2D eigenvalue weighted by molar-refractivity contribution is -0.200. The van der Waals surface area contributed by atoms with Gasteiger partial charge in [0.05, 0.1) is 31.7 Å². The number of carboxylic acids is 1. The summed E-state index contributed by atoms with van der Waals surface area (Å²) in [6.45, 7) is 6.20. The van der Waals surface area contributed by atoms with Crippen LogP contribution in [0, 0.1) is 5.92 Å². The van der Waals surface area contributed by atoms with E-state index in [1.807, 2.05) is 37.3 Å². The molecule has 3 amide bonds. The largest absolute Gasteiger partial charge is 0.494 e. The Kier molecular flexibility index (Phi) is 14.1. The molecule has 1 heterocycles. The summed E-state index contributed by atoms with van der Waals surface area (Å²) >= 11 is 0. The van der Waals surface area contributed by atoms with Gasteiger partial charge in [-0.05, 0) is 43.5 Å². The highest BCUT2D eigenvalue weighted by atomic mass is 16.7. The van der Waals surface area contributed by atoms with Gasteiger partial charge in [0.25, 0.3) is 5.91 Å². The Morgan fingerprint density at radius 3 is 2.44 bits per heavy atom. The van der Waals surface area contributed by atoms with Gasteiger partial charge < -0.3 is 24.9 Å². The van der Waals surface area contributed by atoms with E-state index in [-0.39, 0.29) is 31.4 Å². The van der Waals surface area contributed by atoms with Crippen LogP contribution >= 0.6 is 0 Å². The number of furan rings is 1. The second-order valence-electron chi connectivity index (χ2n) is 10.5. The molecule has 1 aromatic heterocycles. The zero-order chi connectivity index (χ0) is 32.6. The van der Waals surface area contributed by atoms with E-state index in [0.717, 1.165) is 24.8 Å². The average Bonchev–Trinajstić information content (AvgIpc) is 3.54. The molecule has 0 aliphatic heterocycles. The zero-order valence-electron chi connectivity index (χ0n) is 26.1. The van der Waals surface area contributed by atoms with E-state index in [4.69, 9.17) is 19.1 Å². The molecular weight excluding hydrogens is 578 g/mol. The van der Waals surface area contributed by atoms with Gasteiger partial charge in [-0.3, -0.25) is 24.0 Å². The van der Waals surface area contributed by atoms with Crippen molar-refractivity contribution in [3.63, 3.8) is 0 Å². The van der Waals surface area contributed by atoms with Gasteiger partial charge in [0.15, 0.2) is 5.76 Å². The average molecular weight is 622 g/mol. The lowest BCUT2D eigenvalue weighted by atomic mass is 9.90. The summed E-state index contributed by atoms with van der Waals surface area (Å²) in [5.41, 5.74) is 2.06. The molecular formula is C34H43N3O8. The van der Waals surface area contributed by atoms with E-state index >= 15 is 0 Å². The zero-order valence-corrected chi connectivity index (χ0v) is 26.1. The molecule has 242 valence electrons. The quantitative estimate of drug-likeness (QED) is 0.0663. The monoisotopic (exact) mass is 621 g/mol. The summed E-state index contributed by atoms with van der Waals surface area (Å²) in [4.78, 5) is 55.3. The van der Waals surface area contributed by atoms with Crippen molar-refractivity contribution in [3.8, 4) is 17.1 Å². The number of carbonyl (C=O) groups is 4. The Balaban J connectivity index is 1.63. The maximum Gasteiger partial charge on any atom is 0.307 e. The van der Waals surface area contributed by atoms with Crippen LogP contribution in [0.25, 0.3) is 11.3 Å². The van der Waals surface area contributed by atoms with Crippen molar-refractivity contribution in [3.05, 3.63) is 77.6 Å². The van der Waals surface area contributed by atoms with Crippen molar-refractivity contribution in [2.45, 2.75) is 71.9 Å². The first-order valence-corrected chi connectivity index (χ1v) is 15.3. The smallest absolute Gasteiger partial charge is 0.307 e. The van der Waals surface area contributed by atoms with Crippen LogP contribution in [-0.2, 0) is 32.2 Å². The predicted octanol–water partition coefficient (Wildman–Crippen LogP) is 5.34. The number of ether oxygens (including phenoxy) is 1.